The molecule has 0 unspecified atom stereocenters. The highest BCUT2D eigenvalue weighted by Crippen LogP contribution is 2.36. The van der Waals surface area contributed by atoms with Crippen molar-refractivity contribution in [2.45, 2.75) is 49.8 Å². The lowest BCUT2D eigenvalue weighted by molar-refractivity contribution is 0.0696. The first kappa shape index (κ1) is 21.0. The first-order valence-corrected chi connectivity index (χ1v) is 11.6. The van der Waals surface area contributed by atoms with Crippen molar-refractivity contribution in [2.24, 2.45) is 0 Å². The van der Waals surface area contributed by atoms with Gasteiger partial charge >= 0.3 is 12.0 Å². The molecule has 0 amide bonds. The van der Waals surface area contributed by atoms with Crippen LogP contribution in [0.5, 0.6) is 0 Å². The highest BCUT2D eigenvalue weighted by Gasteiger charge is 2.33. The molecule has 0 saturated heterocycles. The number of aryl methyl sites for hydroxylation is 1. The van der Waals surface area contributed by atoms with Crippen LogP contribution in [0.2, 0.25) is 0 Å². The standard InChI is InChI=1S/C22H23N3O5S/c1-15-12-13-18(14-19(15)21(26)27)31(28,29)25(17-10-6-3-7-11-17)22-24-23-20(30-22)16-8-4-2-5-9-16/h3,6-7,10-14,16H,2,4-5,8-9H2,1H3,(H,26,27). The van der Waals surface area contributed by atoms with E-state index in [4.69, 9.17) is 4.42 Å². The van der Waals surface area contributed by atoms with Crippen LogP contribution in [-0.4, -0.2) is 29.7 Å². The zero-order valence-electron chi connectivity index (χ0n) is 17.1. The van der Waals surface area contributed by atoms with E-state index in [0.717, 1.165) is 36.1 Å². The van der Waals surface area contributed by atoms with E-state index in [1.807, 2.05) is 0 Å². The number of benzene rings is 2. The molecule has 0 bridgehead atoms. The molecule has 0 aliphatic heterocycles. The van der Waals surface area contributed by atoms with Gasteiger partial charge in [-0.2, -0.15) is 4.31 Å². The molecular weight excluding hydrogens is 418 g/mol. The fraction of sp³-hybridized carbons (Fsp3) is 0.318. The maximum absolute atomic E-state index is 13.6. The minimum atomic E-state index is -4.22. The lowest BCUT2D eigenvalue weighted by Gasteiger charge is -2.21. The van der Waals surface area contributed by atoms with Crippen LogP contribution in [0.1, 0.15) is 59.8 Å². The Hall–Kier alpha value is -3.20. The van der Waals surface area contributed by atoms with Gasteiger partial charge in [0.05, 0.1) is 16.1 Å². The number of anilines is 2. The van der Waals surface area contributed by atoms with Gasteiger partial charge in [-0.1, -0.05) is 48.6 Å². The third-order valence-corrected chi connectivity index (χ3v) is 7.22. The monoisotopic (exact) mass is 441 g/mol. The Morgan fingerprint density at radius 3 is 2.45 bits per heavy atom. The van der Waals surface area contributed by atoms with Crippen LogP contribution in [0.25, 0.3) is 0 Å². The second-order valence-electron chi connectivity index (χ2n) is 7.64. The van der Waals surface area contributed by atoms with Gasteiger partial charge in [0.2, 0.25) is 5.89 Å². The average Bonchev–Trinajstić information content (AvgIpc) is 3.24. The number of hydrogen-bond donors (Lipinski definition) is 1. The van der Waals surface area contributed by atoms with Gasteiger partial charge in [0.25, 0.3) is 10.0 Å². The molecule has 31 heavy (non-hydrogen) atoms. The van der Waals surface area contributed by atoms with E-state index in [0.29, 0.717) is 17.1 Å². The minimum absolute atomic E-state index is 0.0810. The van der Waals surface area contributed by atoms with Crippen molar-refractivity contribution in [3.63, 3.8) is 0 Å². The van der Waals surface area contributed by atoms with Gasteiger partial charge in [0, 0.05) is 5.92 Å². The van der Waals surface area contributed by atoms with Crippen LogP contribution in [0.3, 0.4) is 0 Å². The molecule has 1 heterocycles. The first-order valence-electron chi connectivity index (χ1n) is 10.2. The molecule has 1 aromatic heterocycles. The molecule has 1 aliphatic carbocycles. The summed E-state index contributed by atoms with van der Waals surface area (Å²) in [5, 5.41) is 17.6. The summed E-state index contributed by atoms with van der Waals surface area (Å²) in [6.07, 6.45) is 5.18. The molecule has 2 aromatic carbocycles. The Kier molecular flexibility index (Phi) is 5.77. The summed E-state index contributed by atoms with van der Waals surface area (Å²) in [6.45, 7) is 1.61. The second-order valence-corrected chi connectivity index (χ2v) is 9.43. The maximum atomic E-state index is 13.6. The molecule has 8 nitrogen and oxygen atoms in total. The number of hydrogen-bond acceptors (Lipinski definition) is 6. The van der Waals surface area contributed by atoms with E-state index in [-0.39, 0.29) is 22.4 Å². The first-order chi connectivity index (χ1) is 14.9. The van der Waals surface area contributed by atoms with Crippen LogP contribution in [0.4, 0.5) is 11.7 Å². The molecule has 3 aromatic rings. The second kappa shape index (κ2) is 8.50. The van der Waals surface area contributed by atoms with Crippen molar-refractivity contribution in [3.05, 3.63) is 65.5 Å². The number of aromatic nitrogens is 2. The van der Waals surface area contributed by atoms with Crippen molar-refractivity contribution < 1.29 is 22.7 Å². The highest BCUT2D eigenvalue weighted by molar-refractivity contribution is 7.93. The average molecular weight is 442 g/mol. The molecule has 0 spiro atoms. The number of carbonyl (C=O) groups is 1. The zero-order valence-corrected chi connectivity index (χ0v) is 17.9. The molecule has 1 fully saturated rings. The Balaban J connectivity index is 1.80. The van der Waals surface area contributed by atoms with Gasteiger partial charge in [0.15, 0.2) is 0 Å². The SMILES string of the molecule is Cc1ccc(S(=O)(=O)N(c2ccccc2)c2nnc(C3CCCCC3)o2)cc1C(=O)O. The smallest absolute Gasteiger partial charge is 0.337 e. The molecule has 1 N–H and O–H groups in total. The summed E-state index contributed by atoms with van der Waals surface area (Å²) in [7, 11) is -4.22. The third kappa shape index (κ3) is 4.18. The normalized spacial score (nSPS) is 15.0. The zero-order chi connectivity index (χ0) is 22.0. The minimum Gasteiger partial charge on any atom is -0.478 e. The largest absolute Gasteiger partial charge is 0.478 e. The van der Waals surface area contributed by atoms with E-state index in [2.05, 4.69) is 10.2 Å². The van der Waals surface area contributed by atoms with Crippen molar-refractivity contribution in [1.29, 1.82) is 0 Å². The summed E-state index contributed by atoms with van der Waals surface area (Å²) in [5.41, 5.74) is 0.705. The predicted molar refractivity (Wildman–Crippen MR) is 114 cm³/mol. The van der Waals surface area contributed by atoms with Gasteiger partial charge in [0.1, 0.15) is 0 Å². The van der Waals surface area contributed by atoms with Gasteiger partial charge in [-0.25, -0.2) is 13.2 Å². The molecule has 1 aliphatic rings. The van der Waals surface area contributed by atoms with Crippen LogP contribution < -0.4 is 4.31 Å². The lowest BCUT2D eigenvalue weighted by Crippen LogP contribution is -2.27. The van der Waals surface area contributed by atoms with E-state index < -0.39 is 16.0 Å². The molecule has 4 rings (SSSR count). The number of para-hydroxylation sites is 1. The van der Waals surface area contributed by atoms with E-state index in [9.17, 15) is 18.3 Å². The number of sulfonamides is 1. The summed E-state index contributed by atoms with van der Waals surface area (Å²) in [4.78, 5) is 11.4. The topological polar surface area (TPSA) is 114 Å². The van der Waals surface area contributed by atoms with E-state index in [1.54, 1.807) is 37.3 Å². The molecular formula is C22H23N3O5S. The number of carboxylic acids is 1. The van der Waals surface area contributed by atoms with Gasteiger partial charge < -0.3 is 9.52 Å². The molecule has 0 atom stereocenters. The molecule has 162 valence electrons. The van der Waals surface area contributed by atoms with Crippen LogP contribution in [0.15, 0.2) is 57.8 Å². The summed E-state index contributed by atoms with van der Waals surface area (Å²) >= 11 is 0. The van der Waals surface area contributed by atoms with E-state index >= 15 is 0 Å². The molecule has 1 saturated carbocycles. The summed E-state index contributed by atoms with van der Waals surface area (Å²) in [6, 6.07) is 12.3. The van der Waals surface area contributed by atoms with Crippen molar-refractivity contribution in [2.75, 3.05) is 4.31 Å². The predicted octanol–water partition coefficient (Wildman–Crippen LogP) is 4.65. The number of carboxylic acid groups (broad SMARTS) is 1. The summed E-state index contributed by atoms with van der Waals surface area (Å²) < 4.78 is 34.1. The Bertz CT molecular complexity index is 1180. The van der Waals surface area contributed by atoms with Gasteiger partial charge in [-0.3, -0.25) is 0 Å². The fourth-order valence-corrected chi connectivity index (χ4v) is 5.23. The lowest BCUT2D eigenvalue weighted by atomic mass is 9.89. The van der Waals surface area contributed by atoms with Gasteiger partial charge in [-0.05, 0) is 49.6 Å². The van der Waals surface area contributed by atoms with Crippen LogP contribution >= 0.6 is 0 Å². The van der Waals surface area contributed by atoms with Crippen molar-refractivity contribution in [3.8, 4) is 0 Å². The van der Waals surface area contributed by atoms with Crippen LogP contribution in [0, 0.1) is 6.92 Å². The van der Waals surface area contributed by atoms with Crippen molar-refractivity contribution in [1.82, 2.24) is 10.2 Å². The molecule has 0 radical (unpaired) electrons. The highest BCUT2D eigenvalue weighted by atomic mass is 32.2. The maximum Gasteiger partial charge on any atom is 0.337 e. The van der Waals surface area contributed by atoms with Crippen LogP contribution in [-0.2, 0) is 10.0 Å². The quantitative estimate of drug-likeness (QED) is 0.592. The Morgan fingerprint density at radius 1 is 1.06 bits per heavy atom. The Labute approximate surface area is 180 Å². The van der Waals surface area contributed by atoms with E-state index in [1.165, 1.54) is 18.6 Å². The number of aromatic carboxylic acids is 1. The number of rotatable bonds is 6. The van der Waals surface area contributed by atoms with Gasteiger partial charge in [-0.15, -0.1) is 5.10 Å². The Morgan fingerprint density at radius 2 is 1.77 bits per heavy atom. The fourth-order valence-electron chi connectivity index (χ4n) is 3.84. The number of nitrogens with zero attached hydrogens (tertiary/aromatic N) is 3. The van der Waals surface area contributed by atoms with Crippen molar-refractivity contribution >= 4 is 27.7 Å². The molecule has 9 heteroatoms. The summed E-state index contributed by atoms with van der Waals surface area (Å²) in [5.74, 6) is -0.646. The third-order valence-electron chi connectivity index (χ3n) is 5.53.